The van der Waals surface area contributed by atoms with Crippen LogP contribution in [0.1, 0.15) is 0 Å². The maximum atomic E-state index is 10.5. The molecule has 1 N–H and O–H groups in total. The summed E-state index contributed by atoms with van der Waals surface area (Å²) in [6, 6.07) is 0. The van der Waals surface area contributed by atoms with Crippen molar-refractivity contribution in [3.63, 3.8) is 0 Å². The van der Waals surface area contributed by atoms with Crippen LogP contribution in [0.25, 0.3) is 0 Å². The second-order valence-electron chi connectivity index (χ2n) is 2.24. The number of nitro groups is 1. The summed E-state index contributed by atoms with van der Waals surface area (Å²) in [7, 11) is 0. The highest BCUT2D eigenvalue weighted by molar-refractivity contribution is 6.77. The topological polar surface area (TPSA) is 75.7 Å². The fraction of sp³-hybridized carbons (Fsp3) is 0.400. The van der Waals surface area contributed by atoms with Crippen molar-refractivity contribution in [2.24, 2.45) is 4.99 Å². The Hall–Kier alpha value is -0.360. The molecule has 0 amide bonds. The van der Waals surface area contributed by atoms with Crippen molar-refractivity contribution in [2.75, 3.05) is 6.61 Å². The Balaban J connectivity index is 3.25. The molecule has 72 valence electrons. The molecule has 0 aromatic carbocycles. The molecule has 0 aromatic rings. The standard InChI is InChI=1S/C5H3Cl3N2O3/c6-2-3(10(12)13)5(8,1-11)9-4(2)7/h11H,1H2. The first-order chi connectivity index (χ1) is 5.92. The molecule has 0 saturated carbocycles. The van der Waals surface area contributed by atoms with Gasteiger partial charge in [-0.25, -0.2) is 4.99 Å². The van der Waals surface area contributed by atoms with Crippen molar-refractivity contribution in [2.45, 2.75) is 5.00 Å². The summed E-state index contributed by atoms with van der Waals surface area (Å²) in [5.74, 6) is 0. The second-order valence-corrected chi connectivity index (χ2v) is 3.60. The number of rotatable bonds is 2. The van der Waals surface area contributed by atoms with Crippen LogP contribution in [0, 0.1) is 10.1 Å². The van der Waals surface area contributed by atoms with E-state index in [2.05, 4.69) is 4.99 Å². The van der Waals surface area contributed by atoms with Crippen molar-refractivity contribution < 1.29 is 10.0 Å². The van der Waals surface area contributed by atoms with E-state index < -0.39 is 22.2 Å². The molecule has 0 aromatic heterocycles. The van der Waals surface area contributed by atoms with Gasteiger partial charge in [0.05, 0.1) is 11.5 Å². The molecule has 8 heteroatoms. The van der Waals surface area contributed by atoms with Gasteiger partial charge >= 0.3 is 5.70 Å². The van der Waals surface area contributed by atoms with Gasteiger partial charge in [0.25, 0.3) is 0 Å². The van der Waals surface area contributed by atoms with Crippen LogP contribution in [-0.4, -0.2) is 26.8 Å². The number of nitrogens with zero attached hydrogens (tertiary/aromatic N) is 2. The Kier molecular flexibility index (Phi) is 2.82. The monoisotopic (exact) mass is 244 g/mol. The average Bonchev–Trinajstić information content (AvgIpc) is 2.24. The highest BCUT2D eigenvalue weighted by atomic mass is 35.5. The van der Waals surface area contributed by atoms with Crippen LogP contribution in [0.2, 0.25) is 0 Å². The molecule has 0 spiro atoms. The Morgan fingerprint density at radius 1 is 1.62 bits per heavy atom. The fourth-order valence-corrected chi connectivity index (χ4v) is 1.69. The Morgan fingerprint density at radius 3 is 2.46 bits per heavy atom. The van der Waals surface area contributed by atoms with Crippen LogP contribution in [0.15, 0.2) is 15.7 Å². The minimum absolute atomic E-state index is 0.266. The van der Waals surface area contributed by atoms with Crippen LogP contribution in [0.5, 0.6) is 0 Å². The quantitative estimate of drug-likeness (QED) is 0.345. The lowest BCUT2D eigenvalue weighted by molar-refractivity contribution is -0.431. The second kappa shape index (κ2) is 3.42. The summed E-state index contributed by atoms with van der Waals surface area (Å²) < 4.78 is 0. The van der Waals surface area contributed by atoms with Gasteiger partial charge in [-0.1, -0.05) is 34.8 Å². The molecule has 1 rings (SSSR count). The zero-order chi connectivity index (χ0) is 10.2. The molecule has 1 aliphatic heterocycles. The van der Waals surface area contributed by atoms with E-state index in [0.29, 0.717) is 0 Å². The number of alkyl halides is 1. The number of hydrogen-bond donors (Lipinski definition) is 1. The minimum Gasteiger partial charge on any atom is -0.392 e. The highest BCUT2D eigenvalue weighted by Gasteiger charge is 2.48. The van der Waals surface area contributed by atoms with Gasteiger partial charge < -0.3 is 5.11 Å². The molecule has 0 bridgehead atoms. The van der Waals surface area contributed by atoms with E-state index in [1.807, 2.05) is 0 Å². The normalized spacial score (nSPS) is 27.8. The van der Waals surface area contributed by atoms with Crippen molar-refractivity contribution in [3.05, 3.63) is 20.8 Å². The molecule has 0 saturated heterocycles. The maximum absolute atomic E-state index is 10.5. The van der Waals surface area contributed by atoms with Crippen molar-refractivity contribution in [1.82, 2.24) is 0 Å². The summed E-state index contributed by atoms with van der Waals surface area (Å²) in [6.45, 7) is -0.739. The molecule has 13 heavy (non-hydrogen) atoms. The Morgan fingerprint density at radius 2 is 2.15 bits per heavy atom. The van der Waals surface area contributed by atoms with Crippen molar-refractivity contribution in [3.8, 4) is 0 Å². The van der Waals surface area contributed by atoms with Crippen molar-refractivity contribution in [1.29, 1.82) is 0 Å². The van der Waals surface area contributed by atoms with Crippen LogP contribution >= 0.6 is 34.8 Å². The molecule has 1 heterocycles. The van der Waals surface area contributed by atoms with Gasteiger partial charge in [-0.2, -0.15) is 0 Å². The van der Waals surface area contributed by atoms with Crippen LogP contribution in [0.3, 0.4) is 0 Å². The number of aliphatic imine (C=N–C) groups is 1. The first-order valence-electron chi connectivity index (χ1n) is 3.02. The van der Waals surface area contributed by atoms with Gasteiger partial charge in [0, 0.05) is 0 Å². The summed E-state index contributed by atoms with van der Waals surface area (Å²) in [4.78, 5) is 11.3. The van der Waals surface area contributed by atoms with Crippen LogP contribution < -0.4 is 0 Å². The predicted octanol–water partition coefficient (Wildman–Crippen LogP) is 1.29. The average molecular weight is 245 g/mol. The molecule has 1 unspecified atom stereocenters. The van der Waals surface area contributed by atoms with Crippen molar-refractivity contribution >= 4 is 40.0 Å². The lowest BCUT2D eigenvalue weighted by Gasteiger charge is -2.11. The number of halogens is 3. The lowest BCUT2D eigenvalue weighted by Crippen LogP contribution is -2.28. The molecule has 0 radical (unpaired) electrons. The van der Waals surface area contributed by atoms with Crippen LogP contribution in [-0.2, 0) is 0 Å². The predicted molar refractivity (Wildman–Crippen MR) is 48.8 cm³/mol. The largest absolute Gasteiger partial charge is 0.392 e. The van der Waals surface area contributed by atoms with Gasteiger partial charge in [0.2, 0.25) is 5.00 Å². The summed E-state index contributed by atoms with van der Waals surface area (Å²) in [6.07, 6.45) is 0. The first-order valence-corrected chi connectivity index (χ1v) is 4.16. The number of hydrogen-bond acceptors (Lipinski definition) is 4. The molecular weight excluding hydrogens is 242 g/mol. The van der Waals surface area contributed by atoms with Gasteiger partial charge in [0.15, 0.2) is 10.2 Å². The molecule has 5 nitrogen and oxygen atoms in total. The van der Waals surface area contributed by atoms with Crippen LogP contribution in [0.4, 0.5) is 0 Å². The fourth-order valence-electron chi connectivity index (χ4n) is 0.854. The smallest absolute Gasteiger partial charge is 0.312 e. The molecule has 1 atom stereocenters. The number of aliphatic hydroxyl groups excluding tert-OH is 1. The molecule has 1 aliphatic rings. The van der Waals surface area contributed by atoms with Gasteiger partial charge in [-0.15, -0.1) is 0 Å². The van der Waals surface area contributed by atoms with E-state index in [9.17, 15) is 10.1 Å². The molecule has 0 fully saturated rings. The zero-order valence-corrected chi connectivity index (χ0v) is 8.27. The van der Waals surface area contributed by atoms with E-state index >= 15 is 0 Å². The maximum Gasteiger partial charge on any atom is 0.312 e. The molecular formula is C5H3Cl3N2O3. The van der Waals surface area contributed by atoms with Gasteiger partial charge in [-0.05, 0) is 0 Å². The van der Waals surface area contributed by atoms with E-state index in [1.54, 1.807) is 0 Å². The first kappa shape index (κ1) is 10.7. The van der Waals surface area contributed by atoms with E-state index in [4.69, 9.17) is 39.9 Å². The molecule has 0 aliphatic carbocycles. The zero-order valence-electron chi connectivity index (χ0n) is 6.00. The Labute approximate surface area is 87.8 Å². The van der Waals surface area contributed by atoms with E-state index in [-0.39, 0.29) is 10.2 Å². The lowest BCUT2D eigenvalue weighted by atomic mass is 10.2. The van der Waals surface area contributed by atoms with E-state index in [1.165, 1.54) is 0 Å². The highest BCUT2D eigenvalue weighted by Crippen LogP contribution is 2.38. The van der Waals surface area contributed by atoms with Gasteiger partial charge in [0.1, 0.15) is 0 Å². The third-order valence-electron chi connectivity index (χ3n) is 1.42. The summed E-state index contributed by atoms with van der Waals surface area (Å²) >= 11 is 16.5. The third-order valence-corrected chi connectivity index (χ3v) is 2.53. The third kappa shape index (κ3) is 1.65. The number of allylic oxidation sites excluding steroid dienone is 1. The summed E-state index contributed by atoms with van der Waals surface area (Å²) in [5, 5.41) is 18.6. The Bertz CT molecular complexity index is 327. The minimum atomic E-state index is -1.85. The SMILES string of the molecule is O=[N+]([O-])C1=C(Cl)C(Cl)=NC1(Cl)CO. The summed E-state index contributed by atoms with van der Waals surface area (Å²) in [5.41, 5.74) is -0.594. The van der Waals surface area contributed by atoms with Gasteiger partial charge in [-0.3, -0.25) is 10.1 Å². The van der Waals surface area contributed by atoms with E-state index in [0.717, 1.165) is 0 Å². The number of aliphatic hydroxyl groups is 1.